The zero-order chi connectivity index (χ0) is 23.6. The molecule has 0 aliphatic rings. The average molecular weight is 454 g/mol. The molecular formula is C22H27N7O4. The molecule has 2 aromatic heterocycles. The van der Waals surface area contributed by atoms with Crippen molar-refractivity contribution in [1.82, 2.24) is 20.5 Å². The van der Waals surface area contributed by atoms with Crippen LogP contribution in [0.3, 0.4) is 0 Å². The maximum atomic E-state index is 12.2. The van der Waals surface area contributed by atoms with Gasteiger partial charge in [-0.3, -0.25) is 0 Å². The van der Waals surface area contributed by atoms with E-state index in [-0.39, 0.29) is 6.03 Å². The van der Waals surface area contributed by atoms with Gasteiger partial charge in [-0.15, -0.1) is 10.2 Å². The van der Waals surface area contributed by atoms with Crippen molar-refractivity contribution in [3.8, 4) is 17.2 Å². The summed E-state index contributed by atoms with van der Waals surface area (Å²) in [7, 11) is 4.54. The molecule has 0 fully saturated rings. The molecule has 0 bridgehead atoms. The van der Waals surface area contributed by atoms with E-state index >= 15 is 0 Å². The van der Waals surface area contributed by atoms with E-state index in [4.69, 9.17) is 14.2 Å². The summed E-state index contributed by atoms with van der Waals surface area (Å²) < 4.78 is 15.9. The highest BCUT2D eigenvalue weighted by atomic mass is 16.5. The largest absolute Gasteiger partial charge is 0.493 e. The van der Waals surface area contributed by atoms with Crippen molar-refractivity contribution in [2.75, 3.05) is 50.4 Å². The smallest absolute Gasteiger partial charge is 0.319 e. The quantitative estimate of drug-likeness (QED) is 0.342. The highest BCUT2D eigenvalue weighted by molar-refractivity contribution is 5.90. The van der Waals surface area contributed by atoms with E-state index in [9.17, 15) is 4.79 Å². The standard InChI is InChI=1S/C22H27N7O4/c1-14-5-6-18(25-13-14)27-20-8-7-19(28-29-20)23-9-10-24-22(30)26-15-11-16(31-2)21(33-4)17(12-15)32-3/h5-8,11-13H,9-10H2,1-4H3,(H,23,28)(H2,24,26,30)(H,25,27,29). The van der Waals surface area contributed by atoms with Gasteiger partial charge in [-0.1, -0.05) is 6.07 Å². The van der Waals surface area contributed by atoms with Gasteiger partial charge in [-0.25, -0.2) is 9.78 Å². The van der Waals surface area contributed by atoms with Gasteiger partial charge in [-0.05, 0) is 30.7 Å². The number of rotatable bonds is 10. The van der Waals surface area contributed by atoms with Crippen molar-refractivity contribution in [3.63, 3.8) is 0 Å². The van der Waals surface area contributed by atoms with Crippen LogP contribution in [-0.4, -0.2) is 55.6 Å². The first kappa shape index (κ1) is 23.4. The van der Waals surface area contributed by atoms with Crippen molar-refractivity contribution >= 4 is 29.2 Å². The second kappa shape index (κ2) is 11.4. The molecule has 0 spiro atoms. The molecule has 3 aromatic rings. The number of nitrogens with zero attached hydrogens (tertiary/aromatic N) is 3. The SMILES string of the molecule is COc1cc(NC(=O)NCCNc2ccc(Nc3ccc(C)cn3)nn2)cc(OC)c1OC. The second-order valence-corrected chi connectivity index (χ2v) is 6.87. The summed E-state index contributed by atoms with van der Waals surface area (Å²) in [5.74, 6) is 3.21. The van der Waals surface area contributed by atoms with Crippen LogP contribution in [0.4, 0.5) is 27.9 Å². The third-order valence-corrected chi connectivity index (χ3v) is 4.47. The molecule has 33 heavy (non-hydrogen) atoms. The van der Waals surface area contributed by atoms with Crippen molar-refractivity contribution in [2.45, 2.75) is 6.92 Å². The fraction of sp³-hybridized carbons (Fsp3) is 0.273. The number of carbonyl (C=O) groups is 1. The molecule has 0 radical (unpaired) electrons. The van der Waals surface area contributed by atoms with E-state index in [1.165, 1.54) is 21.3 Å². The van der Waals surface area contributed by atoms with Crippen LogP contribution in [0.1, 0.15) is 5.56 Å². The van der Waals surface area contributed by atoms with Gasteiger partial charge in [0.05, 0.1) is 27.0 Å². The number of aryl methyl sites for hydroxylation is 1. The molecule has 0 aliphatic heterocycles. The van der Waals surface area contributed by atoms with Crippen LogP contribution in [0.15, 0.2) is 42.6 Å². The van der Waals surface area contributed by atoms with Crippen LogP contribution in [0, 0.1) is 6.92 Å². The first-order valence-electron chi connectivity index (χ1n) is 10.1. The van der Waals surface area contributed by atoms with Crippen LogP contribution in [-0.2, 0) is 0 Å². The number of hydrogen-bond acceptors (Lipinski definition) is 9. The molecule has 4 N–H and O–H groups in total. The van der Waals surface area contributed by atoms with Gasteiger partial charge in [0.25, 0.3) is 0 Å². The van der Waals surface area contributed by atoms with Crippen LogP contribution in [0.5, 0.6) is 17.2 Å². The molecule has 174 valence electrons. The zero-order valence-corrected chi connectivity index (χ0v) is 18.9. The van der Waals surface area contributed by atoms with Gasteiger partial charge < -0.3 is 35.5 Å². The van der Waals surface area contributed by atoms with Crippen LogP contribution in [0.25, 0.3) is 0 Å². The Morgan fingerprint density at radius 3 is 2.12 bits per heavy atom. The number of amides is 2. The third kappa shape index (κ3) is 6.60. The highest BCUT2D eigenvalue weighted by Gasteiger charge is 2.14. The lowest BCUT2D eigenvalue weighted by atomic mass is 10.2. The maximum absolute atomic E-state index is 12.2. The first-order chi connectivity index (χ1) is 16.0. The Balaban J connectivity index is 1.44. The van der Waals surface area contributed by atoms with E-state index in [1.54, 1.807) is 30.5 Å². The average Bonchev–Trinajstić information content (AvgIpc) is 2.83. The second-order valence-electron chi connectivity index (χ2n) is 6.87. The van der Waals surface area contributed by atoms with E-state index in [0.29, 0.717) is 53.5 Å². The molecule has 3 rings (SSSR count). The Bertz CT molecular complexity index is 1030. The lowest BCUT2D eigenvalue weighted by Gasteiger charge is -2.15. The predicted octanol–water partition coefficient (Wildman–Crippen LogP) is 3.18. The molecule has 2 amide bonds. The monoisotopic (exact) mass is 453 g/mol. The van der Waals surface area contributed by atoms with Gasteiger partial charge in [0.1, 0.15) is 11.6 Å². The van der Waals surface area contributed by atoms with Gasteiger partial charge in [0, 0.05) is 31.4 Å². The molecule has 0 atom stereocenters. The Morgan fingerprint density at radius 1 is 0.879 bits per heavy atom. The number of pyridine rings is 1. The van der Waals surface area contributed by atoms with Crippen LogP contribution in [0.2, 0.25) is 0 Å². The van der Waals surface area contributed by atoms with Gasteiger partial charge in [0.2, 0.25) is 5.75 Å². The minimum atomic E-state index is -0.373. The molecule has 0 aliphatic carbocycles. The summed E-state index contributed by atoms with van der Waals surface area (Å²) in [6.45, 7) is 2.80. The Kier molecular flexibility index (Phi) is 8.06. The molecule has 1 aromatic carbocycles. The Hall–Kier alpha value is -4.28. The number of methoxy groups -OCH3 is 3. The van der Waals surface area contributed by atoms with Crippen molar-refractivity contribution in [2.24, 2.45) is 0 Å². The normalized spacial score (nSPS) is 10.2. The molecule has 2 heterocycles. The molecule has 0 saturated heterocycles. The summed E-state index contributed by atoms with van der Waals surface area (Å²) in [4.78, 5) is 16.5. The molecule has 11 nitrogen and oxygen atoms in total. The van der Waals surface area contributed by atoms with Gasteiger partial charge in [0.15, 0.2) is 17.3 Å². The Labute approximate surface area is 191 Å². The summed E-state index contributed by atoms with van der Waals surface area (Å²) in [6.07, 6.45) is 1.77. The van der Waals surface area contributed by atoms with Gasteiger partial charge >= 0.3 is 6.03 Å². The van der Waals surface area contributed by atoms with Crippen LogP contribution >= 0.6 is 0 Å². The number of benzene rings is 1. The fourth-order valence-electron chi connectivity index (χ4n) is 2.86. The summed E-state index contributed by atoms with van der Waals surface area (Å²) in [5.41, 5.74) is 1.59. The number of ether oxygens (including phenoxy) is 3. The number of anilines is 4. The zero-order valence-electron chi connectivity index (χ0n) is 18.9. The molecular weight excluding hydrogens is 426 g/mol. The lowest BCUT2D eigenvalue weighted by Crippen LogP contribution is -2.32. The maximum Gasteiger partial charge on any atom is 0.319 e. The molecule has 0 saturated carbocycles. The third-order valence-electron chi connectivity index (χ3n) is 4.47. The Morgan fingerprint density at radius 2 is 1.55 bits per heavy atom. The number of nitrogens with one attached hydrogen (secondary N) is 4. The highest BCUT2D eigenvalue weighted by Crippen LogP contribution is 2.39. The van der Waals surface area contributed by atoms with Crippen molar-refractivity contribution < 1.29 is 19.0 Å². The number of carbonyl (C=O) groups excluding carboxylic acids is 1. The fourth-order valence-corrected chi connectivity index (χ4v) is 2.86. The van der Waals surface area contributed by atoms with E-state index in [2.05, 4.69) is 36.4 Å². The minimum absolute atomic E-state index is 0.366. The van der Waals surface area contributed by atoms with E-state index in [0.717, 1.165) is 5.56 Å². The van der Waals surface area contributed by atoms with Crippen molar-refractivity contribution in [1.29, 1.82) is 0 Å². The lowest BCUT2D eigenvalue weighted by molar-refractivity contribution is 0.252. The van der Waals surface area contributed by atoms with Crippen LogP contribution < -0.4 is 35.5 Å². The number of aromatic nitrogens is 3. The predicted molar refractivity (Wildman–Crippen MR) is 126 cm³/mol. The molecule has 0 unspecified atom stereocenters. The summed E-state index contributed by atoms with van der Waals surface area (Å²) in [6, 6.07) is 10.3. The van der Waals surface area contributed by atoms with Gasteiger partial charge in [-0.2, -0.15) is 0 Å². The topological polar surface area (TPSA) is 132 Å². The number of urea groups is 1. The summed E-state index contributed by atoms with van der Waals surface area (Å²) in [5, 5.41) is 19.9. The first-order valence-corrected chi connectivity index (χ1v) is 10.1. The van der Waals surface area contributed by atoms with E-state index < -0.39 is 0 Å². The molecule has 11 heteroatoms. The summed E-state index contributed by atoms with van der Waals surface area (Å²) >= 11 is 0. The minimum Gasteiger partial charge on any atom is -0.493 e. The van der Waals surface area contributed by atoms with E-state index in [1.807, 2.05) is 19.1 Å². The van der Waals surface area contributed by atoms with Crippen molar-refractivity contribution in [3.05, 3.63) is 48.2 Å². The number of hydrogen-bond donors (Lipinski definition) is 4.